The fourth-order valence-electron chi connectivity index (χ4n) is 1.69. The summed E-state index contributed by atoms with van der Waals surface area (Å²) in [6.45, 7) is -0.714. The summed E-state index contributed by atoms with van der Waals surface area (Å²) >= 11 is 10.6. The van der Waals surface area contributed by atoms with E-state index in [0.29, 0.717) is 6.42 Å². The van der Waals surface area contributed by atoms with Crippen molar-refractivity contribution in [1.82, 2.24) is 9.55 Å². The van der Waals surface area contributed by atoms with Gasteiger partial charge in [-0.3, -0.25) is 14.3 Å². The summed E-state index contributed by atoms with van der Waals surface area (Å²) in [5.41, 5.74) is -0.500. The number of ether oxygens (including phenoxy) is 1. The third-order valence-corrected chi connectivity index (χ3v) is 3.16. The van der Waals surface area contributed by atoms with Crippen LogP contribution in [-0.4, -0.2) is 27.1 Å². The standard InChI is InChI=1S/C9H10ClFN2O3S/c10-5-3-13(8(17)12-7(5)15)6-1-2-9(11,4-14)16-6/h3,6,14H,1-2,4H2,(H,12,15,17)/t6-,9+/m1/s1. The normalized spacial score (nSPS) is 28.5. The van der Waals surface area contributed by atoms with Gasteiger partial charge in [0.2, 0.25) is 5.85 Å². The van der Waals surface area contributed by atoms with E-state index in [1.54, 1.807) is 0 Å². The van der Waals surface area contributed by atoms with Crippen LogP contribution in [0.1, 0.15) is 19.1 Å². The van der Waals surface area contributed by atoms with Crippen LogP contribution in [0.3, 0.4) is 0 Å². The van der Waals surface area contributed by atoms with Crippen LogP contribution in [0.5, 0.6) is 0 Å². The van der Waals surface area contributed by atoms with Gasteiger partial charge in [-0.2, -0.15) is 0 Å². The predicted octanol–water partition coefficient (Wildman–Crippen LogP) is 1.53. The van der Waals surface area contributed by atoms with Gasteiger partial charge in [0.15, 0.2) is 4.77 Å². The van der Waals surface area contributed by atoms with E-state index in [2.05, 4.69) is 4.98 Å². The molecule has 0 bridgehead atoms. The first-order valence-corrected chi connectivity index (χ1v) is 5.72. The van der Waals surface area contributed by atoms with Crippen molar-refractivity contribution < 1.29 is 14.2 Å². The fraction of sp³-hybridized carbons (Fsp3) is 0.556. The Hall–Kier alpha value is -0.760. The maximum Gasteiger partial charge on any atom is 0.270 e. The minimum absolute atomic E-state index is 0.0532. The summed E-state index contributed by atoms with van der Waals surface area (Å²) in [6.07, 6.45) is 1.03. The molecule has 0 unspecified atom stereocenters. The fourth-order valence-corrected chi connectivity index (χ4v) is 2.10. The number of hydrogen-bond acceptors (Lipinski definition) is 4. The molecule has 17 heavy (non-hydrogen) atoms. The first-order chi connectivity index (χ1) is 7.95. The van der Waals surface area contributed by atoms with Gasteiger partial charge in [0, 0.05) is 12.6 Å². The molecule has 2 rings (SSSR count). The smallest absolute Gasteiger partial charge is 0.270 e. The highest BCUT2D eigenvalue weighted by Crippen LogP contribution is 2.37. The number of alkyl halides is 1. The van der Waals surface area contributed by atoms with Crippen LogP contribution < -0.4 is 5.56 Å². The number of hydrogen-bond donors (Lipinski definition) is 2. The minimum atomic E-state index is -2.05. The van der Waals surface area contributed by atoms with Crippen LogP contribution in [0.4, 0.5) is 4.39 Å². The monoisotopic (exact) mass is 280 g/mol. The largest absolute Gasteiger partial charge is 0.390 e. The first kappa shape index (κ1) is 12.7. The zero-order valence-electron chi connectivity index (χ0n) is 8.65. The van der Waals surface area contributed by atoms with Crippen molar-refractivity contribution in [3.63, 3.8) is 0 Å². The number of aliphatic hydroxyl groups excluding tert-OH is 1. The Bertz CT molecular complexity index is 546. The molecule has 0 spiro atoms. The second-order valence-electron chi connectivity index (χ2n) is 3.80. The number of aliphatic hydroxyl groups is 1. The highest BCUT2D eigenvalue weighted by Gasteiger charge is 2.40. The molecule has 0 aliphatic carbocycles. The van der Waals surface area contributed by atoms with Crippen molar-refractivity contribution in [2.45, 2.75) is 24.9 Å². The Morgan fingerprint density at radius 1 is 1.82 bits per heavy atom. The van der Waals surface area contributed by atoms with Crippen LogP contribution in [0.15, 0.2) is 11.0 Å². The third kappa shape index (κ3) is 2.42. The lowest BCUT2D eigenvalue weighted by Crippen LogP contribution is -2.27. The lowest BCUT2D eigenvalue weighted by atomic mass is 10.2. The number of aromatic amines is 1. The van der Waals surface area contributed by atoms with Crippen LogP contribution in [0, 0.1) is 4.77 Å². The maximum absolute atomic E-state index is 13.7. The first-order valence-electron chi connectivity index (χ1n) is 4.94. The molecule has 94 valence electrons. The molecule has 5 nitrogen and oxygen atoms in total. The molecule has 1 aliphatic heterocycles. The van der Waals surface area contributed by atoms with Gasteiger partial charge in [0.1, 0.15) is 17.9 Å². The molecule has 1 aromatic heterocycles. The topological polar surface area (TPSA) is 67.2 Å². The molecule has 1 aromatic rings. The molecule has 1 saturated heterocycles. The van der Waals surface area contributed by atoms with E-state index in [0.717, 1.165) is 0 Å². The average Bonchev–Trinajstić information content (AvgIpc) is 2.67. The summed E-state index contributed by atoms with van der Waals surface area (Å²) in [5.74, 6) is -2.05. The van der Waals surface area contributed by atoms with E-state index in [9.17, 15) is 9.18 Å². The Morgan fingerprint density at radius 3 is 3.12 bits per heavy atom. The van der Waals surface area contributed by atoms with Crippen LogP contribution >= 0.6 is 23.8 Å². The molecule has 2 heterocycles. The number of nitrogens with one attached hydrogen (secondary N) is 1. The summed E-state index contributed by atoms with van der Waals surface area (Å²) in [6, 6.07) is 0. The molecule has 0 aromatic carbocycles. The summed E-state index contributed by atoms with van der Waals surface area (Å²) in [4.78, 5) is 13.5. The number of aromatic nitrogens is 2. The summed E-state index contributed by atoms with van der Waals surface area (Å²) < 4.78 is 20.2. The Morgan fingerprint density at radius 2 is 2.53 bits per heavy atom. The van der Waals surface area contributed by atoms with Crippen molar-refractivity contribution in [2.24, 2.45) is 0 Å². The molecule has 0 saturated carbocycles. The van der Waals surface area contributed by atoms with Crippen molar-refractivity contribution in [3.8, 4) is 0 Å². The van der Waals surface area contributed by atoms with Crippen molar-refractivity contribution in [1.29, 1.82) is 0 Å². The van der Waals surface area contributed by atoms with E-state index < -0.39 is 24.2 Å². The average molecular weight is 281 g/mol. The molecular formula is C9H10ClFN2O3S. The number of rotatable bonds is 2. The SMILES string of the molecule is O=c1[nH]c(=S)n([C@H]2CC[C@@](F)(CO)O2)cc1Cl. The van der Waals surface area contributed by atoms with Gasteiger partial charge in [0.25, 0.3) is 5.56 Å². The highest BCUT2D eigenvalue weighted by molar-refractivity contribution is 7.71. The lowest BCUT2D eigenvalue weighted by molar-refractivity contribution is -0.177. The second-order valence-corrected chi connectivity index (χ2v) is 4.59. The zero-order chi connectivity index (χ0) is 12.6. The van der Waals surface area contributed by atoms with Gasteiger partial charge >= 0.3 is 0 Å². The van der Waals surface area contributed by atoms with E-state index >= 15 is 0 Å². The van der Waals surface area contributed by atoms with Crippen LogP contribution in [-0.2, 0) is 4.74 Å². The van der Waals surface area contributed by atoms with E-state index in [4.69, 9.17) is 33.7 Å². The molecule has 2 atom stereocenters. The maximum atomic E-state index is 13.7. The number of H-pyrrole nitrogens is 1. The van der Waals surface area contributed by atoms with Gasteiger partial charge in [-0.15, -0.1) is 0 Å². The molecule has 0 radical (unpaired) electrons. The van der Waals surface area contributed by atoms with Crippen molar-refractivity contribution in [3.05, 3.63) is 26.3 Å². The van der Waals surface area contributed by atoms with Crippen LogP contribution in [0.25, 0.3) is 0 Å². The van der Waals surface area contributed by atoms with Gasteiger partial charge in [0.05, 0.1) is 0 Å². The van der Waals surface area contributed by atoms with E-state index in [-0.39, 0.29) is 16.2 Å². The van der Waals surface area contributed by atoms with Crippen molar-refractivity contribution >= 4 is 23.8 Å². The van der Waals surface area contributed by atoms with Gasteiger partial charge in [-0.25, -0.2) is 4.39 Å². The van der Waals surface area contributed by atoms with E-state index in [1.165, 1.54) is 10.8 Å². The molecule has 1 fully saturated rings. The molecule has 0 amide bonds. The van der Waals surface area contributed by atoms with Gasteiger partial charge < -0.3 is 9.84 Å². The Balaban J connectivity index is 2.34. The van der Waals surface area contributed by atoms with Crippen LogP contribution in [0.2, 0.25) is 5.02 Å². The number of halogens is 2. The van der Waals surface area contributed by atoms with Gasteiger partial charge in [-0.05, 0) is 18.6 Å². The third-order valence-electron chi connectivity index (χ3n) is 2.58. The molecule has 1 aliphatic rings. The molecule has 8 heteroatoms. The lowest BCUT2D eigenvalue weighted by Gasteiger charge is -2.19. The minimum Gasteiger partial charge on any atom is -0.390 e. The zero-order valence-corrected chi connectivity index (χ0v) is 10.2. The second kappa shape index (κ2) is 4.49. The summed E-state index contributed by atoms with van der Waals surface area (Å²) in [5, 5.41) is 8.79. The van der Waals surface area contributed by atoms with Crippen molar-refractivity contribution in [2.75, 3.05) is 6.61 Å². The predicted molar refractivity (Wildman–Crippen MR) is 61.2 cm³/mol. The highest BCUT2D eigenvalue weighted by atomic mass is 35.5. The molecular weight excluding hydrogens is 271 g/mol. The summed E-state index contributed by atoms with van der Waals surface area (Å²) in [7, 11) is 0. The number of nitrogens with zero attached hydrogens (tertiary/aromatic N) is 1. The quantitative estimate of drug-likeness (QED) is 0.806. The Kier molecular flexibility index (Phi) is 3.35. The Labute approximate surface area is 106 Å². The van der Waals surface area contributed by atoms with E-state index in [1.807, 2.05) is 0 Å². The van der Waals surface area contributed by atoms with Gasteiger partial charge in [-0.1, -0.05) is 11.6 Å². The molecule has 2 N–H and O–H groups in total.